The van der Waals surface area contributed by atoms with Gasteiger partial charge in [0.2, 0.25) is 16.0 Å². The molecule has 0 saturated heterocycles. The summed E-state index contributed by atoms with van der Waals surface area (Å²) in [5.74, 6) is 2.36. The van der Waals surface area contributed by atoms with Gasteiger partial charge >= 0.3 is 0 Å². The van der Waals surface area contributed by atoms with E-state index in [1.807, 2.05) is 24.3 Å². The molecule has 10 heteroatoms. The third-order valence-corrected chi connectivity index (χ3v) is 8.70. The highest BCUT2D eigenvalue weighted by atomic mass is 79.9. The summed E-state index contributed by atoms with van der Waals surface area (Å²) >= 11 is 3.34. The second-order valence-electron chi connectivity index (χ2n) is 9.41. The maximum Gasteiger partial charge on any atom is 0.240 e. The third-order valence-electron chi connectivity index (χ3n) is 6.73. The van der Waals surface area contributed by atoms with Gasteiger partial charge in [0.15, 0.2) is 0 Å². The van der Waals surface area contributed by atoms with Gasteiger partial charge in [0.05, 0.1) is 10.4 Å². The van der Waals surface area contributed by atoms with Gasteiger partial charge in [-0.15, -0.1) is 0 Å². The summed E-state index contributed by atoms with van der Waals surface area (Å²) in [7, 11) is -3.48. The number of unbranched alkanes of at least 4 members (excludes halogenated alkanes) is 1. The Balaban J connectivity index is 0.00000380. The van der Waals surface area contributed by atoms with Crippen LogP contribution in [-0.4, -0.2) is 44.6 Å². The number of hydrogen-bond acceptors (Lipinski definition) is 7. The number of aromatic nitrogens is 2. The van der Waals surface area contributed by atoms with E-state index in [0.717, 1.165) is 72.8 Å². The number of nitrogens with two attached hydrogens (primary N) is 1. The maximum atomic E-state index is 12.6. The molecule has 8 nitrogen and oxygen atoms in total. The van der Waals surface area contributed by atoms with Crippen LogP contribution in [0.5, 0.6) is 0 Å². The van der Waals surface area contributed by atoms with E-state index < -0.39 is 10.0 Å². The number of para-hydroxylation sites is 1. The van der Waals surface area contributed by atoms with Gasteiger partial charge in [-0.25, -0.2) is 18.1 Å². The van der Waals surface area contributed by atoms with Crippen molar-refractivity contribution in [2.45, 2.75) is 50.8 Å². The van der Waals surface area contributed by atoms with Gasteiger partial charge in [-0.1, -0.05) is 35.5 Å². The number of benzene rings is 2. The molecule has 1 aliphatic carbocycles. The topological polar surface area (TPSA) is 122 Å². The van der Waals surface area contributed by atoms with Crippen molar-refractivity contribution in [3.63, 3.8) is 0 Å². The molecule has 202 valence electrons. The Morgan fingerprint density at radius 1 is 0.892 bits per heavy atom. The fourth-order valence-corrected chi connectivity index (χ4v) is 5.95. The summed E-state index contributed by atoms with van der Waals surface area (Å²) < 4.78 is 28.8. The van der Waals surface area contributed by atoms with Crippen molar-refractivity contribution in [1.29, 1.82) is 0 Å². The number of nitrogens with one attached hydrogen (secondary N) is 3. The highest BCUT2D eigenvalue weighted by Gasteiger charge is 2.23. The molecule has 1 aromatic heterocycles. The zero-order chi connectivity index (χ0) is 25.4. The SMILES string of the molecule is C.NCCCCNc1nc(NCC2CCC(CNS(=O)(=O)c3ccc(Br)cc3)CC2)nc2ccccc12. The summed E-state index contributed by atoms with van der Waals surface area (Å²) in [4.78, 5) is 9.75. The van der Waals surface area contributed by atoms with Crippen molar-refractivity contribution >= 4 is 48.6 Å². The van der Waals surface area contributed by atoms with Crippen molar-refractivity contribution in [1.82, 2.24) is 14.7 Å². The van der Waals surface area contributed by atoms with Crippen molar-refractivity contribution in [2.75, 3.05) is 36.8 Å². The Bertz CT molecular complexity index is 1230. The lowest BCUT2D eigenvalue weighted by atomic mass is 9.82. The number of hydrogen-bond donors (Lipinski definition) is 4. The van der Waals surface area contributed by atoms with E-state index in [1.54, 1.807) is 24.3 Å². The van der Waals surface area contributed by atoms with Gasteiger partial charge in [-0.3, -0.25) is 0 Å². The van der Waals surface area contributed by atoms with Crippen LogP contribution in [0.15, 0.2) is 57.9 Å². The molecule has 1 saturated carbocycles. The van der Waals surface area contributed by atoms with E-state index >= 15 is 0 Å². The highest BCUT2D eigenvalue weighted by molar-refractivity contribution is 9.10. The minimum absolute atomic E-state index is 0. The number of halogens is 1. The zero-order valence-corrected chi connectivity index (χ0v) is 22.8. The van der Waals surface area contributed by atoms with Crippen LogP contribution in [0.1, 0.15) is 46.0 Å². The average molecular weight is 592 g/mol. The molecule has 0 spiro atoms. The molecule has 0 aliphatic heterocycles. The third kappa shape index (κ3) is 8.36. The first kappa shape index (κ1) is 29.3. The predicted molar refractivity (Wildman–Crippen MR) is 156 cm³/mol. The molecule has 0 unspecified atom stereocenters. The Kier molecular flexibility index (Phi) is 11.1. The zero-order valence-electron chi connectivity index (χ0n) is 20.4. The van der Waals surface area contributed by atoms with Gasteiger partial charge in [0, 0.05) is 29.5 Å². The first-order chi connectivity index (χ1) is 17.4. The van der Waals surface area contributed by atoms with Crippen LogP contribution in [0.2, 0.25) is 0 Å². The van der Waals surface area contributed by atoms with Gasteiger partial charge in [-0.2, -0.15) is 4.98 Å². The quantitative estimate of drug-likeness (QED) is 0.209. The van der Waals surface area contributed by atoms with Crippen LogP contribution in [0.3, 0.4) is 0 Å². The van der Waals surface area contributed by atoms with Gasteiger partial charge in [-0.05, 0) is 93.3 Å². The first-order valence-corrected chi connectivity index (χ1v) is 14.9. The summed E-state index contributed by atoms with van der Waals surface area (Å²) in [5, 5.41) is 7.91. The maximum absolute atomic E-state index is 12.6. The van der Waals surface area contributed by atoms with Gasteiger partial charge in [0.1, 0.15) is 5.82 Å². The molecular weight excluding hydrogens is 552 g/mol. The largest absolute Gasteiger partial charge is 0.369 e. The molecule has 1 fully saturated rings. The van der Waals surface area contributed by atoms with E-state index in [2.05, 4.69) is 31.3 Å². The average Bonchev–Trinajstić information content (AvgIpc) is 2.89. The molecule has 1 heterocycles. The number of rotatable bonds is 12. The summed E-state index contributed by atoms with van der Waals surface area (Å²) in [6, 6.07) is 14.8. The van der Waals surface area contributed by atoms with Crippen molar-refractivity contribution in [2.24, 2.45) is 17.6 Å². The Morgan fingerprint density at radius 3 is 2.27 bits per heavy atom. The summed E-state index contributed by atoms with van der Waals surface area (Å²) in [6.07, 6.45) is 6.09. The first-order valence-electron chi connectivity index (χ1n) is 12.6. The van der Waals surface area contributed by atoms with Crippen LogP contribution in [0, 0.1) is 11.8 Å². The fourth-order valence-electron chi connectivity index (χ4n) is 4.57. The smallest absolute Gasteiger partial charge is 0.240 e. The molecule has 5 N–H and O–H groups in total. The van der Waals surface area contributed by atoms with Crippen molar-refractivity contribution < 1.29 is 8.42 Å². The molecular formula is C27H39BrN6O2S. The minimum Gasteiger partial charge on any atom is -0.369 e. The van der Waals surface area contributed by atoms with E-state index in [9.17, 15) is 8.42 Å². The highest BCUT2D eigenvalue weighted by Crippen LogP contribution is 2.29. The normalized spacial score (nSPS) is 17.8. The Labute approximate surface area is 229 Å². The Hall–Kier alpha value is -2.27. The van der Waals surface area contributed by atoms with Crippen molar-refractivity contribution in [3.8, 4) is 0 Å². The van der Waals surface area contributed by atoms with E-state index in [4.69, 9.17) is 15.7 Å². The molecule has 0 bridgehead atoms. The molecule has 0 atom stereocenters. The second kappa shape index (κ2) is 14.0. The molecule has 0 radical (unpaired) electrons. The summed E-state index contributed by atoms with van der Waals surface area (Å²) in [5.41, 5.74) is 6.53. The van der Waals surface area contributed by atoms with Gasteiger partial charge in [0.25, 0.3) is 0 Å². The molecule has 37 heavy (non-hydrogen) atoms. The van der Waals surface area contributed by atoms with Crippen molar-refractivity contribution in [3.05, 3.63) is 53.0 Å². The van der Waals surface area contributed by atoms with Crippen LogP contribution in [-0.2, 0) is 10.0 Å². The second-order valence-corrected chi connectivity index (χ2v) is 12.1. The summed E-state index contributed by atoms with van der Waals surface area (Å²) in [6.45, 7) is 2.80. The number of anilines is 2. The van der Waals surface area contributed by atoms with Gasteiger partial charge < -0.3 is 16.4 Å². The van der Waals surface area contributed by atoms with Crippen LogP contribution >= 0.6 is 15.9 Å². The van der Waals surface area contributed by atoms with Crippen LogP contribution < -0.4 is 21.1 Å². The number of fused-ring (bicyclic) bond motifs is 1. The lowest BCUT2D eigenvalue weighted by Gasteiger charge is -2.28. The predicted octanol–water partition coefficient (Wildman–Crippen LogP) is 5.38. The van der Waals surface area contributed by atoms with Crippen LogP contribution in [0.25, 0.3) is 10.9 Å². The molecule has 1 aliphatic rings. The van der Waals surface area contributed by atoms with E-state index in [1.165, 1.54) is 0 Å². The lowest BCUT2D eigenvalue weighted by molar-refractivity contribution is 0.284. The molecule has 2 aromatic carbocycles. The standard InChI is InChI=1S/C26H35BrN6O2S.CH4/c27-21-11-13-22(14-12-21)36(34,35)31-18-20-9-7-19(8-10-20)17-30-26-32-24-6-2-1-5-23(24)25(33-26)29-16-4-3-15-28;/h1-2,5-6,11-14,19-20,31H,3-4,7-10,15-18,28H2,(H2,29,30,32,33);1H4. The Morgan fingerprint density at radius 2 is 1.57 bits per heavy atom. The molecule has 0 amide bonds. The monoisotopic (exact) mass is 590 g/mol. The number of nitrogens with zero attached hydrogens (tertiary/aromatic N) is 2. The molecule has 4 rings (SSSR count). The molecule has 3 aromatic rings. The minimum atomic E-state index is -3.48. The van der Waals surface area contributed by atoms with E-state index in [-0.39, 0.29) is 7.43 Å². The fraction of sp³-hybridized carbons (Fsp3) is 0.481. The lowest BCUT2D eigenvalue weighted by Crippen LogP contribution is -2.32. The van der Waals surface area contributed by atoms with Crippen LogP contribution in [0.4, 0.5) is 11.8 Å². The van der Waals surface area contributed by atoms with E-state index in [0.29, 0.717) is 35.8 Å². The number of sulfonamides is 1.